The molecule has 142 valence electrons. The zero-order valence-electron chi connectivity index (χ0n) is 15.1. The maximum atomic E-state index is 11.9. The number of amides is 4. The average molecular weight is 369 g/mol. The smallest absolute Gasteiger partial charge is 0.315 e. The van der Waals surface area contributed by atoms with Gasteiger partial charge in [-0.15, -0.1) is 0 Å². The largest absolute Gasteiger partial charge is 0.378 e. The van der Waals surface area contributed by atoms with E-state index in [2.05, 4.69) is 10.6 Å². The van der Waals surface area contributed by atoms with Gasteiger partial charge >= 0.3 is 6.03 Å². The molecule has 7 heteroatoms. The highest BCUT2D eigenvalue weighted by Gasteiger charge is 2.28. The first-order valence-electron chi connectivity index (χ1n) is 9.04. The second kappa shape index (κ2) is 9.14. The fraction of sp³-hybridized carbons (Fsp3) is 0.350. The predicted molar refractivity (Wildman–Crippen MR) is 101 cm³/mol. The van der Waals surface area contributed by atoms with Crippen molar-refractivity contribution in [2.75, 3.05) is 26.3 Å². The lowest BCUT2D eigenvalue weighted by molar-refractivity contribution is -0.139. The summed E-state index contributed by atoms with van der Waals surface area (Å²) in [6.45, 7) is 1.65. The van der Waals surface area contributed by atoms with Gasteiger partial charge in [0, 0.05) is 25.9 Å². The molecule has 7 nitrogen and oxygen atoms in total. The van der Waals surface area contributed by atoms with Gasteiger partial charge in [0.15, 0.2) is 0 Å². The highest BCUT2D eigenvalue weighted by Crippen LogP contribution is 2.18. The van der Waals surface area contributed by atoms with E-state index in [9.17, 15) is 14.4 Å². The Labute approximate surface area is 157 Å². The normalized spacial score (nSPS) is 14.0. The molecule has 0 radical (unpaired) electrons. The lowest BCUT2D eigenvalue weighted by Crippen LogP contribution is -2.37. The van der Waals surface area contributed by atoms with Gasteiger partial charge in [-0.25, -0.2) is 4.79 Å². The summed E-state index contributed by atoms with van der Waals surface area (Å²) in [5.41, 5.74) is 1.06. The van der Waals surface area contributed by atoms with E-state index < -0.39 is 0 Å². The molecule has 2 aromatic carbocycles. The van der Waals surface area contributed by atoms with E-state index in [4.69, 9.17) is 4.74 Å². The molecular formula is C20H23N3O4. The summed E-state index contributed by atoms with van der Waals surface area (Å²) in [6, 6.07) is 13.8. The van der Waals surface area contributed by atoms with Crippen molar-refractivity contribution in [2.45, 2.75) is 19.4 Å². The van der Waals surface area contributed by atoms with Crippen LogP contribution in [0.1, 0.15) is 18.4 Å². The second-order valence-electron chi connectivity index (χ2n) is 6.30. The molecule has 1 fully saturated rings. The van der Waals surface area contributed by atoms with Crippen LogP contribution in [-0.2, 0) is 20.9 Å². The molecular weight excluding hydrogens is 346 g/mol. The molecule has 1 aliphatic heterocycles. The number of carbonyl (C=O) groups is 3. The van der Waals surface area contributed by atoms with E-state index in [-0.39, 0.29) is 43.8 Å². The maximum absolute atomic E-state index is 11.9. The number of nitrogens with zero attached hydrogens (tertiary/aromatic N) is 1. The molecule has 2 aromatic rings. The quantitative estimate of drug-likeness (QED) is 0.549. The molecule has 27 heavy (non-hydrogen) atoms. The number of imide groups is 1. The van der Waals surface area contributed by atoms with E-state index >= 15 is 0 Å². The number of hydrogen-bond donors (Lipinski definition) is 2. The first-order chi connectivity index (χ1) is 13.1. The summed E-state index contributed by atoms with van der Waals surface area (Å²) in [5.74, 6) is -0.288. The zero-order valence-corrected chi connectivity index (χ0v) is 15.1. The lowest BCUT2D eigenvalue weighted by atomic mass is 10.0. The van der Waals surface area contributed by atoms with Gasteiger partial charge in [0.2, 0.25) is 11.8 Å². The van der Waals surface area contributed by atoms with Crippen molar-refractivity contribution in [1.82, 2.24) is 15.5 Å². The summed E-state index contributed by atoms with van der Waals surface area (Å²) < 4.78 is 5.37. The molecule has 0 spiro atoms. The monoisotopic (exact) mass is 369 g/mol. The minimum atomic E-state index is -0.267. The van der Waals surface area contributed by atoms with Crippen molar-refractivity contribution in [2.24, 2.45) is 0 Å². The Hall–Kier alpha value is -2.93. The van der Waals surface area contributed by atoms with E-state index in [1.54, 1.807) is 0 Å². The Morgan fingerprint density at radius 1 is 0.963 bits per heavy atom. The van der Waals surface area contributed by atoms with E-state index in [1.165, 1.54) is 4.90 Å². The van der Waals surface area contributed by atoms with Crippen molar-refractivity contribution < 1.29 is 19.1 Å². The van der Waals surface area contributed by atoms with Crippen LogP contribution >= 0.6 is 0 Å². The Morgan fingerprint density at radius 2 is 1.70 bits per heavy atom. The molecule has 0 bridgehead atoms. The van der Waals surface area contributed by atoms with Crippen LogP contribution in [0.4, 0.5) is 4.79 Å². The van der Waals surface area contributed by atoms with Crippen LogP contribution in [0.25, 0.3) is 10.8 Å². The average Bonchev–Trinajstić information content (AvgIpc) is 3.00. The molecule has 0 saturated carbocycles. The number of urea groups is 1. The lowest BCUT2D eigenvalue weighted by Gasteiger charge is -2.14. The molecule has 3 rings (SSSR count). The highest BCUT2D eigenvalue weighted by atomic mass is 16.5. The molecule has 1 heterocycles. The Balaban J connectivity index is 1.32. The Kier molecular flexibility index (Phi) is 6.38. The summed E-state index contributed by atoms with van der Waals surface area (Å²) in [6.07, 6.45) is 0.578. The fourth-order valence-corrected chi connectivity index (χ4v) is 3.05. The molecule has 0 aromatic heterocycles. The van der Waals surface area contributed by atoms with Crippen molar-refractivity contribution in [1.29, 1.82) is 0 Å². The Bertz CT molecular complexity index is 816. The van der Waals surface area contributed by atoms with Crippen LogP contribution in [0.15, 0.2) is 42.5 Å². The maximum Gasteiger partial charge on any atom is 0.315 e. The van der Waals surface area contributed by atoms with Crippen molar-refractivity contribution in [3.63, 3.8) is 0 Å². The summed E-state index contributed by atoms with van der Waals surface area (Å²) in [4.78, 5) is 36.0. The van der Waals surface area contributed by atoms with Crippen LogP contribution in [0.5, 0.6) is 0 Å². The van der Waals surface area contributed by atoms with Crippen LogP contribution in [-0.4, -0.2) is 49.0 Å². The van der Waals surface area contributed by atoms with E-state index in [1.807, 2.05) is 42.5 Å². The third kappa shape index (κ3) is 5.04. The first-order valence-corrected chi connectivity index (χ1v) is 9.04. The number of carbonyl (C=O) groups excluding carboxylic acids is 3. The number of hydrogen-bond acceptors (Lipinski definition) is 4. The van der Waals surface area contributed by atoms with Gasteiger partial charge in [0.25, 0.3) is 0 Å². The molecule has 1 aliphatic rings. The van der Waals surface area contributed by atoms with Crippen molar-refractivity contribution in [3.8, 4) is 0 Å². The van der Waals surface area contributed by atoms with Gasteiger partial charge < -0.3 is 15.4 Å². The van der Waals surface area contributed by atoms with Crippen LogP contribution < -0.4 is 10.6 Å². The molecule has 2 N–H and O–H groups in total. The SMILES string of the molecule is O=C(NCCOCCN1C(=O)CCC1=O)NCc1cccc2ccccc12. The summed E-state index contributed by atoms with van der Waals surface area (Å²) in [5, 5.41) is 7.82. The molecule has 0 unspecified atom stereocenters. The number of nitrogens with one attached hydrogen (secondary N) is 2. The third-order valence-corrected chi connectivity index (χ3v) is 4.47. The number of likely N-dealkylation sites (tertiary alicyclic amines) is 1. The van der Waals surface area contributed by atoms with Gasteiger partial charge in [-0.3, -0.25) is 14.5 Å². The summed E-state index contributed by atoms with van der Waals surface area (Å²) >= 11 is 0. The zero-order chi connectivity index (χ0) is 19.1. The van der Waals surface area contributed by atoms with Crippen LogP contribution in [0, 0.1) is 0 Å². The minimum absolute atomic E-state index is 0.144. The van der Waals surface area contributed by atoms with Crippen LogP contribution in [0.3, 0.4) is 0 Å². The number of ether oxygens (including phenoxy) is 1. The number of benzene rings is 2. The molecule has 0 atom stereocenters. The van der Waals surface area contributed by atoms with Gasteiger partial charge in [0.1, 0.15) is 0 Å². The van der Waals surface area contributed by atoms with Crippen molar-refractivity contribution in [3.05, 3.63) is 48.0 Å². The third-order valence-electron chi connectivity index (χ3n) is 4.47. The minimum Gasteiger partial charge on any atom is -0.378 e. The highest BCUT2D eigenvalue weighted by molar-refractivity contribution is 6.01. The number of rotatable bonds is 8. The second-order valence-corrected chi connectivity index (χ2v) is 6.30. The molecule has 4 amide bonds. The van der Waals surface area contributed by atoms with Gasteiger partial charge in [-0.1, -0.05) is 42.5 Å². The van der Waals surface area contributed by atoms with Gasteiger partial charge in [-0.2, -0.15) is 0 Å². The van der Waals surface area contributed by atoms with E-state index in [0.717, 1.165) is 16.3 Å². The van der Waals surface area contributed by atoms with Gasteiger partial charge in [0.05, 0.1) is 19.8 Å². The number of fused-ring (bicyclic) bond motifs is 1. The standard InChI is InChI=1S/C20H23N3O4/c24-18-8-9-19(25)23(18)11-13-27-12-10-21-20(26)22-14-16-6-3-5-15-4-1-2-7-17(15)16/h1-7H,8-14H2,(H2,21,22,26). The fourth-order valence-electron chi connectivity index (χ4n) is 3.05. The first kappa shape index (κ1) is 18.8. The Morgan fingerprint density at radius 3 is 2.52 bits per heavy atom. The predicted octanol–water partition coefficient (Wildman–Crippen LogP) is 1.80. The molecule has 1 saturated heterocycles. The topological polar surface area (TPSA) is 87.7 Å². The summed E-state index contributed by atoms with van der Waals surface area (Å²) in [7, 11) is 0. The molecule has 0 aliphatic carbocycles. The van der Waals surface area contributed by atoms with Crippen LogP contribution in [0.2, 0.25) is 0 Å². The van der Waals surface area contributed by atoms with Gasteiger partial charge in [-0.05, 0) is 16.3 Å². The van der Waals surface area contributed by atoms with Crippen molar-refractivity contribution >= 4 is 28.6 Å². The van der Waals surface area contributed by atoms with E-state index in [0.29, 0.717) is 19.7 Å².